The molecule has 0 aliphatic rings. The molecule has 0 bridgehead atoms. The molecule has 0 aromatic rings. The van der Waals surface area contributed by atoms with Crippen LogP contribution >= 0.6 is 0 Å². The van der Waals surface area contributed by atoms with Crippen molar-refractivity contribution in [1.29, 1.82) is 0 Å². The van der Waals surface area contributed by atoms with Gasteiger partial charge >= 0.3 is 0 Å². The SMILES string of the molecule is [CH2]CCCC=CCCCO. The smallest absolute Gasteiger partial charge is 0.0433 e. The summed E-state index contributed by atoms with van der Waals surface area (Å²) in [5.74, 6) is 0. The van der Waals surface area contributed by atoms with E-state index in [0.717, 1.165) is 25.7 Å². The van der Waals surface area contributed by atoms with E-state index in [1.54, 1.807) is 0 Å². The third-order valence-corrected chi connectivity index (χ3v) is 1.32. The summed E-state index contributed by atoms with van der Waals surface area (Å²) >= 11 is 0. The normalized spacial score (nSPS) is 11.0. The number of aliphatic hydroxyl groups is 1. The molecule has 0 atom stereocenters. The maximum Gasteiger partial charge on any atom is 0.0433 e. The van der Waals surface area contributed by atoms with Gasteiger partial charge in [0.2, 0.25) is 0 Å². The van der Waals surface area contributed by atoms with Gasteiger partial charge < -0.3 is 5.11 Å². The monoisotopic (exact) mass is 141 g/mol. The molecule has 0 heterocycles. The molecule has 0 unspecified atom stereocenters. The topological polar surface area (TPSA) is 20.2 Å². The summed E-state index contributed by atoms with van der Waals surface area (Å²) in [6.45, 7) is 4.05. The van der Waals surface area contributed by atoms with Gasteiger partial charge in [-0.2, -0.15) is 0 Å². The molecule has 59 valence electrons. The Balaban J connectivity index is 2.89. The minimum atomic E-state index is 0.305. The first kappa shape index (κ1) is 9.70. The van der Waals surface area contributed by atoms with Crippen LogP contribution in [0.3, 0.4) is 0 Å². The summed E-state index contributed by atoms with van der Waals surface area (Å²) in [5, 5.41) is 8.43. The van der Waals surface area contributed by atoms with E-state index in [-0.39, 0.29) is 0 Å². The van der Waals surface area contributed by atoms with Crippen molar-refractivity contribution in [1.82, 2.24) is 0 Å². The molecule has 0 aliphatic carbocycles. The molecule has 0 saturated carbocycles. The molecule has 0 saturated heterocycles. The standard InChI is InChI=1S/C9H17O/c1-2-3-4-5-6-7-8-9-10/h5-6,10H,1-4,7-9H2. The van der Waals surface area contributed by atoms with Gasteiger partial charge in [-0.1, -0.05) is 25.5 Å². The first-order valence-electron chi connectivity index (χ1n) is 3.97. The van der Waals surface area contributed by atoms with E-state index in [4.69, 9.17) is 5.11 Å². The summed E-state index contributed by atoms with van der Waals surface area (Å²) in [5.41, 5.74) is 0. The van der Waals surface area contributed by atoms with Crippen molar-refractivity contribution in [2.75, 3.05) is 6.61 Å². The second kappa shape index (κ2) is 8.70. The third-order valence-electron chi connectivity index (χ3n) is 1.32. The third kappa shape index (κ3) is 7.70. The van der Waals surface area contributed by atoms with Crippen LogP contribution in [0.4, 0.5) is 0 Å². The van der Waals surface area contributed by atoms with Crippen molar-refractivity contribution in [3.05, 3.63) is 19.1 Å². The van der Waals surface area contributed by atoms with Crippen molar-refractivity contribution in [2.24, 2.45) is 0 Å². The van der Waals surface area contributed by atoms with Crippen LogP contribution in [0.1, 0.15) is 32.1 Å². The molecule has 1 radical (unpaired) electrons. The molecular weight excluding hydrogens is 124 g/mol. The summed E-state index contributed by atoms with van der Waals surface area (Å²) in [6, 6.07) is 0. The molecule has 1 nitrogen and oxygen atoms in total. The molecule has 0 aromatic heterocycles. The van der Waals surface area contributed by atoms with Crippen LogP contribution in [0.5, 0.6) is 0 Å². The zero-order valence-corrected chi connectivity index (χ0v) is 6.55. The molecule has 0 amide bonds. The van der Waals surface area contributed by atoms with Gasteiger partial charge in [0.05, 0.1) is 0 Å². The fourth-order valence-electron chi connectivity index (χ4n) is 0.707. The highest BCUT2D eigenvalue weighted by atomic mass is 16.2. The van der Waals surface area contributed by atoms with E-state index < -0.39 is 0 Å². The van der Waals surface area contributed by atoms with Gasteiger partial charge in [0.1, 0.15) is 0 Å². The Morgan fingerprint density at radius 3 is 2.20 bits per heavy atom. The molecule has 1 N–H and O–H groups in total. The minimum Gasteiger partial charge on any atom is -0.396 e. The lowest BCUT2D eigenvalue weighted by Gasteiger charge is -1.89. The quantitative estimate of drug-likeness (QED) is 0.444. The van der Waals surface area contributed by atoms with E-state index in [2.05, 4.69) is 19.1 Å². The zero-order chi connectivity index (χ0) is 7.66. The van der Waals surface area contributed by atoms with Crippen molar-refractivity contribution in [3.63, 3.8) is 0 Å². The summed E-state index contributed by atoms with van der Waals surface area (Å²) in [6.07, 6.45) is 9.52. The molecule has 0 rings (SSSR count). The van der Waals surface area contributed by atoms with Gasteiger partial charge in [0, 0.05) is 6.61 Å². The highest BCUT2D eigenvalue weighted by Gasteiger charge is 1.79. The Morgan fingerprint density at radius 2 is 1.70 bits per heavy atom. The fraction of sp³-hybridized carbons (Fsp3) is 0.667. The summed E-state index contributed by atoms with van der Waals surface area (Å²) < 4.78 is 0. The first-order chi connectivity index (χ1) is 4.91. The lowest BCUT2D eigenvalue weighted by molar-refractivity contribution is 0.289. The molecule has 10 heavy (non-hydrogen) atoms. The Morgan fingerprint density at radius 1 is 1.10 bits per heavy atom. The van der Waals surface area contributed by atoms with Crippen LogP contribution in [-0.4, -0.2) is 11.7 Å². The molecule has 0 aliphatic heterocycles. The van der Waals surface area contributed by atoms with Crippen LogP contribution in [0.2, 0.25) is 0 Å². The van der Waals surface area contributed by atoms with E-state index in [1.165, 1.54) is 6.42 Å². The lowest BCUT2D eigenvalue weighted by Crippen LogP contribution is -1.78. The summed E-state index contributed by atoms with van der Waals surface area (Å²) in [7, 11) is 0. The van der Waals surface area contributed by atoms with E-state index in [1.807, 2.05) is 0 Å². The zero-order valence-electron chi connectivity index (χ0n) is 6.55. The minimum absolute atomic E-state index is 0.305. The van der Waals surface area contributed by atoms with E-state index in [0.29, 0.717) is 6.61 Å². The van der Waals surface area contributed by atoms with Crippen molar-refractivity contribution >= 4 is 0 Å². The molecule has 0 aromatic carbocycles. The summed E-state index contributed by atoms with van der Waals surface area (Å²) in [4.78, 5) is 0. The van der Waals surface area contributed by atoms with Gasteiger partial charge in [-0.25, -0.2) is 0 Å². The van der Waals surface area contributed by atoms with Gasteiger partial charge in [-0.3, -0.25) is 0 Å². The van der Waals surface area contributed by atoms with Crippen LogP contribution in [0, 0.1) is 6.92 Å². The Labute approximate surface area is 63.8 Å². The lowest BCUT2D eigenvalue weighted by atomic mass is 10.2. The van der Waals surface area contributed by atoms with Crippen LogP contribution in [0.25, 0.3) is 0 Å². The Kier molecular flexibility index (Phi) is 8.44. The molecule has 0 spiro atoms. The van der Waals surface area contributed by atoms with Crippen molar-refractivity contribution < 1.29 is 5.11 Å². The fourth-order valence-corrected chi connectivity index (χ4v) is 0.707. The van der Waals surface area contributed by atoms with E-state index >= 15 is 0 Å². The molecule has 1 heteroatoms. The number of hydrogen-bond acceptors (Lipinski definition) is 1. The second-order valence-electron chi connectivity index (χ2n) is 2.33. The van der Waals surface area contributed by atoms with Gasteiger partial charge in [-0.05, 0) is 25.7 Å². The van der Waals surface area contributed by atoms with Gasteiger partial charge in [0.25, 0.3) is 0 Å². The Bertz CT molecular complexity index is 66.8. The second-order valence-corrected chi connectivity index (χ2v) is 2.33. The van der Waals surface area contributed by atoms with Gasteiger partial charge in [-0.15, -0.1) is 0 Å². The van der Waals surface area contributed by atoms with E-state index in [9.17, 15) is 0 Å². The number of allylic oxidation sites excluding steroid dienone is 2. The molecular formula is C9H17O. The predicted molar refractivity (Wildman–Crippen MR) is 44.7 cm³/mol. The average Bonchev–Trinajstić information content (AvgIpc) is 1.97. The Hall–Kier alpha value is -0.300. The van der Waals surface area contributed by atoms with Crippen molar-refractivity contribution in [3.8, 4) is 0 Å². The van der Waals surface area contributed by atoms with Crippen LogP contribution in [-0.2, 0) is 0 Å². The highest BCUT2D eigenvalue weighted by Crippen LogP contribution is 1.96. The number of hydrogen-bond donors (Lipinski definition) is 1. The highest BCUT2D eigenvalue weighted by molar-refractivity contribution is 4.81. The maximum atomic E-state index is 8.43. The van der Waals surface area contributed by atoms with Gasteiger partial charge in [0.15, 0.2) is 0 Å². The average molecular weight is 141 g/mol. The number of unbranched alkanes of at least 4 members (excludes halogenated alkanes) is 3. The first-order valence-corrected chi connectivity index (χ1v) is 3.97. The van der Waals surface area contributed by atoms with Crippen LogP contribution in [0.15, 0.2) is 12.2 Å². The van der Waals surface area contributed by atoms with Crippen molar-refractivity contribution in [2.45, 2.75) is 32.1 Å². The molecule has 0 fully saturated rings. The number of rotatable bonds is 6. The predicted octanol–water partition coefficient (Wildman–Crippen LogP) is 2.32. The maximum absolute atomic E-state index is 8.43. The van der Waals surface area contributed by atoms with Crippen LogP contribution < -0.4 is 0 Å². The largest absolute Gasteiger partial charge is 0.396 e. The number of aliphatic hydroxyl groups excluding tert-OH is 1.